The van der Waals surface area contributed by atoms with E-state index in [1.54, 1.807) is 12.5 Å². The summed E-state index contributed by atoms with van der Waals surface area (Å²) in [4.78, 5) is 22.7. The molecule has 1 saturated heterocycles. The number of carbonyl (C=O) groups is 1. The fourth-order valence-corrected chi connectivity index (χ4v) is 4.33. The molecular weight excluding hydrogens is 414 g/mol. The van der Waals surface area contributed by atoms with Gasteiger partial charge in [-0.05, 0) is 67.8 Å². The molecule has 0 unspecified atom stereocenters. The number of amides is 1. The van der Waals surface area contributed by atoms with Crippen molar-refractivity contribution in [1.82, 2.24) is 24.6 Å². The maximum atomic E-state index is 12.2. The van der Waals surface area contributed by atoms with Crippen LogP contribution in [-0.2, 0) is 4.79 Å². The minimum Gasteiger partial charge on any atom is -0.457 e. The molecule has 0 bridgehead atoms. The fourth-order valence-electron chi connectivity index (χ4n) is 4.33. The topological polar surface area (TPSA) is 73.1 Å². The SMILES string of the molecule is C=CC(=O)N1CCC[C@@H](n2nc(-c3ccc(Oc4cccc(C)c4)cc3)c3cncnc32)C1. The largest absolute Gasteiger partial charge is 0.457 e. The Kier molecular flexibility index (Phi) is 5.60. The maximum absolute atomic E-state index is 12.2. The first kappa shape index (κ1) is 20.9. The fraction of sp³-hybridized carbons (Fsp3) is 0.231. The number of ether oxygens (including phenoxy) is 1. The molecule has 2 aromatic heterocycles. The van der Waals surface area contributed by atoms with Crippen molar-refractivity contribution in [3.8, 4) is 22.8 Å². The number of carbonyl (C=O) groups excluding carboxylic acids is 1. The highest BCUT2D eigenvalue weighted by atomic mass is 16.5. The Hall–Kier alpha value is -4.00. The zero-order valence-corrected chi connectivity index (χ0v) is 18.5. The van der Waals surface area contributed by atoms with Gasteiger partial charge in [0.25, 0.3) is 0 Å². The summed E-state index contributed by atoms with van der Waals surface area (Å²) < 4.78 is 7.94. The number of likely N-dealkylation sites (tertiary alicyclic amines) is 1. The van der Waals surface area contributed by atoms with Gasteiger partial charge in [0.1, 0.15) is 23.5 Å². The highest BCUT2D eigenvalue weighted by Gasteiger charge is 2.27. The molecule has 2 aromatic carbocycles. The van der Waals surface area contributed by atoms with Crippen molar-refractivity contribution in [1.29, 1.82) is 0 Å². The average molecular weight is 440 g/mol. The Morgan fingerprint density at radius 3 is 2.82 bits per heavy atom. The van der Waals surface area contributed by atoms with Crippen LogP contribution in [0.2, 0.25) is 0 Å². The standard InChI is InChI=1S/C26H25N5O2/c1-3-24(32)30-13-5-7-20(16-30)31-26-23(15-27-17-28-26)25(29-31)19-9-11-21(12-10-19)33-22-8-4-6-18(2)14-22/h3-4,6,8-12,14-15,17,20H,1,5,7,13,16H2,2H3/t20-/m1/s1. The van der Waals surface area contributed by atoms with Crippen molar-refractivity contribution < 1.29 is 9.53 Å². The number of fused-ring (bicyclic) bond motifs is 1. The molecule has 33 heavy (non-hydrogen) atoms. The Balaban J connectivity index is 1.45. The first-order valence-electron chi connectivity index (χ1n) is 11.1. The van der Waals surface area contributed by atoms with Crippen LogP contribution in [0.3, 0.4) is 0 Å². The van der Waals surface area contributed by atoms with Crippen LogP contribution in [0.4, 0.5) is 0 Å². The highest BCUT2D eigenvalue weighted by molar-refractivity contribution is 5.90. The van der Waals surface area contributed by atoms with Gasteiger partial charge < -0.3 is 9.64 Å². The molecule has 1 aliphatic heterocycles. The maximum Gasteiger partial charge on any atom is 0.246 e. The molecule has 7 nitrogen and oxygen atoms in total. The molecule has 166 valence electrons. The van der Waals surface area contributed by atoms with Gasteiger partial charge >= 0.3 is 0 Å². The van der Waals surface area contributed by atoms with Gasteiger partial charge in [0.05, 0.1) is 11.4 Å². The van der Waals surface area contributed by atoms with E-state index >= 15 is 0 Å². The number of benzene rings is 2. The van der Waals surface area contributed by atoms with E-state index in [4.69, 9.17) is 9.84 Å². The minimum atomic E-state index is -0.0461. The summed E-state index contributed by atoms with van der Waals surface area (Å²) in [6.07, 6.45) is 6.56. The number of rotatable bonds is 5. The monoisotopic (exact) mass is 439 g/mol. The zero-order chi connectivity index (χ0) is 22.8. The van der Waals surface area contributed by atoms with Crippen molar-refractivity contribution in [2.24, 2.45) is 0 Å². The Bertz CT molecular complexity index is 1310. The van der Waals surface area contributed by atoms with E-state index in [9.17, 15) is 4.79 Å². The van der Waals surface area contributed by atoms with Gasteiger partial charge in [0.15, 0.2) is 5.65 Å². The number of hydrogen-bond donors (Lipinski definition) is 0. The van der Waals surface area contributed by atoms with Crippen LogP contribution in [0.15, 0.2) is 73.7 Å². The normalized spacial score (nSPS) is 16.0. The lowest BCUT2D eigenvalue weighted by Crippen LogP contribution is -2.40. The third-order valence-corrected chi connectivity index (χ3v) is 5.95. The Morgan fingerprint density at radius 1 is 1.18 bits per heavy atom. The van der Waals surface area contributed by atoms with E-state index in [1.807, 2.05) is 65.0 Å². The minimum absolute atomic E-state index is 0.0461. The van der Waals surface area contributed by atoms with Crippen LogP contribution in [-0.4, -0.2) is 43.6 Å². The van der Waals surface area contributed by atoms with E-state index in [0.717, 1.165) is 58.7 Å². The van der Waals surface area contributed by atoms with Gasteiger partial charge in [-0.15, -0.1) is 0 Å². The molecule has 7 heteroatoms. The molecule has 4 aromatic rings. The first-order chi connectivity index (χ1) is 16.1. The predicted octanol–water partition coefficient (Wildman–Crippen LogP) is 4.94. The summed E-state index contributed by atoms with van der Waals surface area (Å²) in [5.41, 5.74) is 3.70. The van der Waals surface area contributed by atoms with Gasteiger partial charge in [-0.2, -0.15) is 5.10 Å². The molecule has 3 heterocycles. The number of aromatic nitrogens is 4. The van der Waals surface area contributed by atoms with Crippen LogP contribution in [0, 0.1) is 6.92 Å². The van der Waals surface area contributed by atoms with Gasteiger partial charge in [0.2, 0.25) is 5.91 Å². The summed E-state index contributed by atoms with van der Waals surface area (Å²) in [6, 6.07) is 15.9. The molecule has 0 radical (unpaired) electrons. The van der Waals surface area contributed by atoms with E-state index < -0.39 is 0 Å². The number of piperidine rings is 1. The molecule has 1 fully saturated rings. The molecule has 5 rings (SSSR count). The third kappa shape index (κ3) is 4.22. The number of aryl methyl sites for hydroxylation is 1. The predicted molar refractivity (Wildman–Crippen MR) is 127 cm³/mol. The molecule has 1 aliphatic rings. The average Bonchev–Trinajstić information content (AvgIpc) is 3.24. The molecule has 1 amide bonds. The lowest BCUT2D eigenvalue weighted by molar-refractivity contribution is -0.127. The summed E-state index contributed by atoms with van der Waals surface area (Å²) in [5.74, 6) is 1.52. The van der Waals surface area contributed by atoms with E-state index in [-0.39, 0.29) is 11.9 Å². The van der Waals surface area contributed by atoms with Crippen molar-refractivity contribution in [3.05, 3.63) is 79.3 Å². The zero-order valence-electron chi connectivity index (χ0n) is 18.5. The molecule has 0 aliphatic carbocycles. The molecule has 0 spiro atoms. The third-order valence-electron chi connectivity index (χ3n) is 5.95. The van der Waals surface area contributed by atoms with E-state index in [1.165, 1.54) is 6.08 Å². The number of nitrogens with zero attached hydrogens (tertiary/aromatic N) is 5. The van der Waals surface area contributed by atoms with Crippen LogP contribution < -0.4 is 4.74 Å². The molecule has 1 atom stereocenters. The Labute approximate surface area is 192 Å². The van der Waals surface area contributed by atoms with E-state index in [0.29, 0.717) is 6.54 Å². The summed E-state index contributed by atoms with van der Waals surface area (Å²) >= 11 is 0. The first-order valence-corrected chi connectivity index (χ1v) is 11.1. The van der Waals surface area contributed by atoms with Gasteiger partial charge in [-0.1, -0.05) is 18.7 Å². The smallest absolute Gasteiger partial charge is 0.246 e. The lowest BCUT2D eigenvalue weighted by atomic mass is 10.1. The van der Waals surface area contributed by atoms with Crippen LogP contribution in [0.5, 0.6) is 11.5 Å². The molecular formula is C26H25N5O2. The number of hydrogen-bond acceptors (Lipinski definition) is 5. The van der Waals surface area contributed by atoms with Crippen molar-refractivity contribution in [2.45, 2.75) is 25.8 Å². The quantitative estimate of drug-likeness (QED) is 0.412. The van der Waals surface area contributed by atoms with Gasteiger partial charge in [0, 0.05) is 24.8 Å². The molecule has 0 N–H and O–H groups in total. The van der Waals surface area contributed by atoms with Crippen LogP contribution >= 0.6 is 0 Å². The van der Waals surface area contributed by atoms with Crippen LogP contribution in [0.1, 0.15) is 24.4 Å². The van der Waals surface area contributed by atoms with Gasteiger partial charge in [-0.25, -0.2) is 14.6 Å². The lowest BCUT2D eigenvalue weighted by Gasteiger charge is -2.32. The summed E-state index contributed by atoms with van der Waals surface area (Å²) in [5, 5.41) is 5.82. The summed E-state index contributed by atoms with van der Waals surface area (Å²) in [7, 11) is 0. The van der Waals surface area contributed by atoms with Crippen molar-refractivity contribution in [3.63, 3.8) is 0 Å². The highest BCUT2D eigenvalue weighted by Crippen LogP contribution is 2.32. The second-order valence-corrected chi connectivity index (χ2v) is 8.28. The van der Waals surface area contributed by atoms with Crippen molar-refractivity contribution >= 4 is 16.9 Å². The molecule has 0 saturated carbocycles. The van der Waals surface area contributed by atoms with Gasteiger partial charge in [-0.3, -0.25) is 4.79 Å². The van der Waals surface area contributed by atoms with Crippen LogP contribution in [0.25, 0.3) is 22.3 Å². The second-order valence-electron chi connectivity index (χ2n) is 8.28. The van der Waals surface area contributed by atoms with E-state index in [2.05, 4.69) is 16.5 Å². The Morgan fingerprint density at radius 2 is 2.03 bits per heavy atom. The summed E-state index contributed by atoms with van der Waals surface area (Å²) in [6.45, 7) is 6.99. The second kappa shape index (κ2) is 8.86. The van der Waals surface area contributed by atoms with Crippen molar-refractivity contribution in [2.75, 3.05) is 13.1 Å².